The average molecular weight is 380 g/mol. The molecule has 0 spiro atoms. The van der Waals surface area contributed by atoms with Gasteiger partial charge in [0, 0.05) is 44.8 Å². The average Bonchev–Trinajstić information content (AvgIpc) is 2.75. The molecule has 1 saturated heterocycles. The van der Waals surface area contributed by atoms with Gasteiger partial charge in [-0.3, -0.25) is 9.69 Å². The molecule has 7 heteroatoms. The van der Waals surface area contributed by atoms with E-state index in [4.69, 9.17) is 0 Å². The fourth-order valence-electron chi connectivity index (χ4n) is 3.76. The first-order valence-corrected chi connectivity index (χ1v) is 11.0. The summed E-state index contributed by atoms with van der Waals surface area (Å²) in [6.07, 6.45) is 3.79. The quantitative estimate of drug-likeness (QED) is 0.845. The number of hydrogen-bond donors (Lipinski definition) is 1. The van der Waals surface area contributed by atoms with E-state index in [-0.39, 0.29) is 11.7 Å². The molecular formula is C19H29N3O3S. The number of sulfonamides is 1. The number of benzene rings is 1. The van der Waals surface area contributed by atoms with Crippen LogP contribution in [-0.4, -0.2) is 62.8 Å². The van der Waals surface area contributed by atoms with Crippen LogP contribution >= 0.6 is 0 Å². The Balaban J connectivity index is 1.66. The highest BCUT2D eigenvalue weighted by Crippen LogP contribution is 2.27. The standard InChI is InChI=1S/C19H29N3O3S/c1-15-12-21(18-4-3-5-18)10-11-22(13-15)26(24,25)14-16-6-8-17(9-7-16)19(23)20-2/h6-9,15,18H,3-5,10-14H2,1-2H3,(H,20,23). The molecule has 1 aromatic carbocycles. The molecule has 144 valence electrons. The summed E-state index contributed by atoms with van der Waals surface area (Å²) in [6.45, 7) is 5.10. The van der Waals surface area contributed by atoms with Gasteiger partial charge in [0.1, 0.15) is 0 Å². The topological polar surface area (TPSA) is 69.7 Å². The summed E-state index contributed by atoms with van der Waals surface area (Å²) in [5.41, 5.74) is 1.25. The van der Waals surface area contributed by atoms with E-state index in [1.165, 1.54) is 19.3 Å². The Labute approximate surface area is 156 Å². The molecule has 26 heavy (non-hydrogen) atoms. The van der Waals surface area contributed by atoms with Gasteiger partial charge in [0.2, 0.25) is 10.0 Å². The second-order valence-corrected chi connectivity index (χ2v) is 9.54. The molecule has 0 bridgehead atoms. The first-order valence-electron chi connectivity index (χ1n) is 9.42. The SMILES string of the molecule is CNC(=O)c1ccc(CS(=O)(=O)N2CCN(C3CCC3)CC(C)C2)cc1. The van der Waals surface area contributed by atoms with Crippen LogP contribution in [0.15, 0.2) is 24.3 Å². The van der Waals surface area contributed by atoms with Gasteiger partial charge < -0.3 is 5.32 Å². The molecule has 1 N–H and O–H groups in total. The van der Waals surface area contributed by atoms with Gasteiger partial charge in [0.25, 0.3) is 5.91 Å². The third-order valence-corrected chi connectivity index (χ3v) is 7.29. The molecule has 0 aromatic heterocycles. The summed E-state index contributed by atoms with van der Waals surface area (Å²) >= 11 is 0. The minimum Gasteiger partial charge on any atom is -0.355 e. The van der Waals surface area contributed by atoms with Crippen molar-refractivity contribution in [2.24, 2.45) is 5.92 Å². The van der Waals surface area contributed by atoms with Gasteiger partial charge in [0.05, 0.1) is 5.75 Å². The van der Waals surface area contributed by atoms with Gasteiger partial charge in [-0.2, -0.15) is 0 Å². The number of nitrogens with zero attached hydrogens (tertiary/aromatic N) is 2. The monoisotopic (exact) mass is 379 g/mol. The van der Waals surface area contributed by atoms with E-state index in [1.54, 1.807) is 35.6 Å². The van der Waals surface area contributed by atoms with Crippen LogP contribution in [0.5, 0.6) is 0 Å². The Hall–Kier alpha value is -1.44. The fourth-order valence-corrected chi connectivity index (χ4v) is 5.40. The number of carbonyl (C=O) groups is 1. The Morgan fingerprint density at radius 2 is 1.85 bits per heavy atom. The Morgan fingerprint density at radius 3 is 2.42 bits per heavy atom. The van der Waals surface area contributed by atoms with Gasteiger partial charge in [0.15, 0.2) is 0 Å². The molecule has 1 aliphatic carbocycles. The lowest BCUT2D eigenvalue weighted by molar-refractivity contribution is 0.0963. The number of amides is 1. The molecule has 1 atom stereocenters. The summed E-state index contributed by atoms with van der Waals surface area (Å²) in [5, 5.41) is 2.57. The van der Waals surface area contributed by atoms with Crippen molar-refractivity contribution in [2.45, 2.75) is 38.0 Å². The zero-order valence-electron chi connectivity index (χ0n) is 15.6. The number of hydrogen-bond acceptors (Lipinski definition) is 4. The van der Waals surface area contributed by atoms with E-state index in [9.17, 15) is 13.2 Å². The molecule has 2 fully saturated rings. The Morgan fingerprint density at radius 1 is 1.15 bits per heavy atom. The normalized spacial score (nSPS) is 23.2. The zero-order chi connectivity index (χ0) is 18.7. The van der Waals surface area contributed by atoms with E-state index in [2.05, 4.69) is 17.1 Å². The van der Waals surface area contributed by atoms with Gasteiger partial charge >= 0.3 is 0 Å². The molecule has 1 saturated carbocycles. The maximum absolute atomic E-state index is 12.9. The lowest BCUT2D eigenvalue weighted by atomic mass is 9.91. The molecule has 2 aliphatic rings. The van der Waals surface area contributed by atoms with Crippen molar-refractivity contribution >= 4 is 15.9 Å². The highest BCUT2D eigenvalue weighted by atomic mass is 32.2. The van der Waals surface area contributed by atoms with Gasteiger partial charge in [-0.1, -0.05) is 25.5 Å². The van der Waals surface area contributed by atoms with Crippen molar-refractivity contribution in [1.82, 2.24) is 14.5 Å². The molecule has 1 heterocycles. The maximum Gasteiger partial charge on any atom is 0.251 e. The minimum atomic E-state index is -3.36. The number of rotatable bonds is 5. The Bertz CT molecular complexity index is 729. The van der Waals surface area contributed by atoms with Crippen molar-refractivity contribution in [3.8, 4) is 0 Å². The van der Waals surface area contributed by atoms with Crippen LogP contribution in [0.25, 0.3) is 0 Å². The molecule has 1 amide bonds. The zero-order valence-corrected chi connectivity index (χ0v) is 16.5. The second-order valence-electron chi connectivity index (χ2n) is 7.58. The van der Waals surface area contributed by atoms with Crippen molar-refractivity contribution in [3.63, 3.8) is 0 Å². The van der Waals surface area contributed by atoms with Gasteiger partial charge in [-0.05, 0) is 36.5 Å². The largest absolute Gasteiger partial charge is 0.355 e. The molecule has 1 aromatic rings. The third-order valence-electron chi connectivity index (χ3n) is 5.47. The molecule has 1 aliphatic heterocycles. The van der Waals surface area contributed by atoms with Crippen LogP contribution in [-0.2, 0) is 15.8 Å². The van der Waals surface area contributed by atoms with E-state index in [0.717, 1.165) is 13.1 Å². The van der Waals surface area contributed by atoms with E-state index < -0.39 is 10.0 Å². The lowest BCUT2D eigenvalue weighted by Crippen LogP contribution is -2.43. The first kappa shape index (κ1) is 19.3. The third kappa shape index (κ3) is 4.45. The van der Waals surface area contributed by atoms with Crippen LogP contribution in [0.4, 0.5) is 0 Å². The van der Waals surface area contributed by atoms with Crippen LogP contribution in [0.2, 0.25) is 0 Å². The van der Waals surface area contributed by atoms with E-state index in [0.29, 0.717) is 36.2 Å². The molecular weight excluding hydrogens is 350 g/mol. The van der Waals surface area contributed by atoms with Crippen molar-refractivity contribution in [2.75, 3.05) is 33.2 Å². The maximum atomic E-state index is 12.9. The van der Waals surface area contributed by atoms with Crippen molar-refractivity contribution in [1.29, 1.82) is 0 Å². The highest BCUT2D eigenvalue weighted by molar-refractivity contribution is 7.88. The highest BCUT2D eigenvalue weighted by Gasteiger charge is 2.32. The first-order chi connectivity index (χ1) is 12.4. The summed E-state index contributed by atoms with van der Waals surface area (Å²) in [4.78, 5) is 14.1. The Kier molecular flexibility index (Phi) is 5.99. The van der Waals surface area contributed by atoms with Gasteiger partial charge in [-0.15, -0.1) is 0 Å². The summed E-state index contributed by atoms with van der Waals surface area (Å²) < 4.78 is 27.5. The predicted molar refractivity (Wildman–Crippen MR) is 102 cm³/mol. The summed E-state index contributed by atoms with van der Waals surface area (Å²) in [6, 6.07) is 7.45. The van der Waals surface area contributed by atoms with E-state index >= 15 is 0 Å². The predicted octanol–water partition coefficient (Wildman–Crippen LogP) is 1.68. The molecule has 0 radical (unpaired) electrons. The summed E-state index contributed by atoms with van der Waals surface area (Å²) in [7, 11) is -1.79. The van der Waals surface area contributed by atoms with Gasteiger partial charge in [-0.25, -0.2) is 12.7 Å². The number of nitrogens with one attached hydrogen (secondary N) is 1. The van der Waals surface area contributed by atoms with Crippen LogP contribution in [0, 0.1) is 5.92 Å². The van der Waals surface area contributed by atoms with Crippen LogP contribution in [0.1, 0.15) is 42.1 Å². The van der Waals surface area contributed by atoms with Crippen molar-refractivity contribution in [3.05, 3.63) is 35.4 Å². The van der Waals surface area contributed by atoms with Crippen LogP contribution < -0.4 is 5.32 Å². The van der Waals surface area contributed by atoms with E-state index in [1.807, 2.05) is 0 Å². The second kappa shape index (κ2) is 8.06. The number of carbonyl (C=O) groups excluding carboxylic acids is 1. The smallest absolute Gasteiger partial charge is 0.251 e. The minimum absolute atomic E-state index is 0.0167. The fraction of sp³-hybridized carbons (Fsp3) is 0.632. The van der Waals surface area contributed by atoms with Crippen LogP contribution in [0.3, 0.4) is 0 Å². The molecule has 6 nitrogen and oxygen atoms in total. The molecule has 3 rings (SSSR count). The molecule has 1 unspecified atom stereocenters. The lowest BCUT2D eigenvalue weighted by Gasteiger charge is -2.37. The summed E-state index contributed by atoms with van der Waals surface area (Å²) in [5.74, 6) is 0.150. The van der Waals surface area contributed by atoms with Crippen molar-refractivity contribution < 1.29 is 13.2 Å².